The number of anilines is 2. The summed E-state index contributed by atoms with van der Waals surface area (Å²) in [7, 11) is -1.81. The monoisotopic (exact) mass is 250 g/mol. The third-order valence-corrected chi connectivity index (χ3v) is 4.44. The molecule has 0 atom stereocenters. The summed E-state index contributed by atoms with van der Waals surface area (Å²) in [6, 6.07) is 6.81. The highest BCUT2D eigenvalue weighted by Gasteiger charge is 2.37. The molecule has 17 heavy (non-hydrogen) atoms. The maximum Gasteiger partial charge on any atom is 0.267 e. The van der Waals surface area contributed by atoms with Gasteiger partial charge in [0.1, 0.15) is 0 Å². The van der Waals surface area contributed by atoms with Crippen molar-refractivity contribution in [2.24, 2.45) is 0 Å². The molecule has 2 aromatic rings. The lowest BCUT2D eigenvalue weighted by atomic mass is 10.3. The molecule has 2 heterocycles. The van der Waals surface area contributed by atoms with E-state index in [1.165, 1.54) is 0 Å². The van der Waals surface area contributed by atoms with Crippen molar-refractivity contribution in [3.05, 3.63) is 30.2 Å². The summed E-state index contributed by atoms with van der Waals surface area (Å²) in [5.74, 6) is 0.694. The number of aryl methyl sites for hydroxylation is 1. The lowest BCUT2D eigenvalue weighted by Crippen LogP contribution is -2.21. The standard InChI is InChI=1S/C11H10N2O3S/c1-7-12-10-11(16-7)17(14,15)9-6-4-3-5-8(9)13(10)2/h3-6H,1-2H3. The Kier molecular flexibility index (Phi) is 1.89. The number of para-hydroxylation sites is 1. The minimum atomic E-state index is -3.58. The van der Waals surface area contributed by atoms with Gasteiger partial charge in [-0.2, -0.15) is 4.98 Å². The molecule has 0 saturated carbocycles. The first-order valence-corrected chi connectivity index (χ1v) is 6.55. The van der Waals surface area contributed by atoms with Crippen molar-refractivity contribution >= 4 is 21.3 Å². The summed E-state index contributed by atoms with van der Waals surface area (Å²) in [4.78, 5) is 6.09. The van der Waals surface area contributed by atoms with Crippen molar-refractivity contribution in [3.8, 4) is 0 Å². The van der Waals surface area contributed by atoms with Gasteiger partial charge in [-0.25, -0.2) is 8.42 Å². The van der Waals surface area contributed by atoms with E-state index < -0.39 is 9.84 Å². The van der Waals surface area contributed by atoms with Crippen LogP contribution in [0.25, 0.3) is 0 Å². The first-order chi connectivity index (χ1) is 8.01. The summed E-state index contributed by atoms with van der Waals surface area (Å²) in [6.07, 6.45) is 0. The fraction of sp³-hybridized carbons (Fsp3) is 0.182. The van der Waals surface area contributed by atoms with Gasteiger partial charge in [-0.05, 0) is 12.1 Å². The van der Waals surface area contributed by atoms with Gasteiger partial charge in [-0.15, -0.1) is 0 Å². The number of nitrogens with zero attached hydrogens (tertiary/aromatic N) is 2. The Morgan fingerprint density at radius 2 is 2.00 bits per heavy atom. The molecular formula is C11H10N2O3S. The highest BCUT2D eigenvalue weighted by molar-refractivity contribution is 7.91. The second-order valence-corrected chi connectivity index (χ2v) is 5.69. The average Bonchev–Trinajstić information content (AvgIpc) is 2.70. The minimum absolute atomic E-state index is 0.0730. The molecule has 0 fully saturated rings. The van der Waals surface area contributed by atoms with Crippen LogP contribution in [0.15, 0.2) is 38.7 Å². The number of fused-ring (bicyclic) bond motifs is 2. The second-order valence-electron chi connectivity index (χ2n) is 3.87. The van der Waals surface area contributed by atoms with Gasteiger partial charge in [0.25, 0.3) is 5.09 Å². The van der Waals surface area contributed by atoms with Gasteiger partial charge in [0.2, 0.25) is 9.84 Å². The van der Waals surface area contributed by atoms with Crippen LogP contribution in [0.2, 0.25) is 0 Å². The summed E-state index contributed by atoms with van der Waals surface area (Å²) in [5, 5.41) is -0.0730. The van der Waals surface area contributed by atoms with Gasteiger partial charge in [0.05, 0.1) is 10.6 Å². The number of hydrogen-bond donors (Lipinski definition) is 0. The highest BCUT2D eigenvalue weighted by Crippen LogP contribution is 2.42. The first-order valence-electron chi connectivity index (χ1n) is 5.07. The molecule has 0 radical (unpaired) electrons. The fourth-order valence-corrected chi connectivity index (χ4v) is 3.55. The smallest absolute Gasteiger partial charge is 0.267 e. The van der Waals surface area contributed by atoms with Gasteiger partial charge in [0, 0.05) is 14.0 Å². The molecule has 0 saturated heterocycles. The molecule has 1 aliphatic rings. The molecule has 6 heteroatoms. The van der Waals surface area contributed by atoms with Crippen LogP contribution < -0.4 is 4.90 Å². The van der Waals surface area contributed by atoms with E-state index in [0.717, 1.165) is 0 Å². The number of hydrogen-bond acceptors (Lipinski definition) is 5. The van der Waals surface area contributed by atoms with E-state index in [0.29, 0.717) is 17.4 Å². The topological polar surface area (TPSA) is 63.4 Å². The van der Waals surface area contributed by atoms with Crippen molar-refractivity contribution in [2.75, 3.05) is 11.9 Å². The lowest BCUT2D eigenvalue weighted by molar-refractivity contribution is 0.422. The predicted octanol–water partition coefficient (Wildman–Crippen LogP) is 1.90. The summed E-state index contributed by atoms with van der Waals surface area (Å²) >= 11 is 0. The van der Waals surface area contributed by atoms with Crippen molar-refractivity contribution < 1.29 is 12.8 Å². The molecule has 0 N–H and O–H groups in total. The SMILES string of the molecule is Cc1nc2c(o1)S(=O)(=O)c1ccccc1N2C. The normalized spacial score (nSPS) is 16.5. The van der Waals surface area contributed by atoms with Crippen LogP contribution in [0.1, 0.15) is 5.89 Å². The molecule has 0 amide bonds. The molecule has 88 valence electrons. The van der Waals surface area contributed by atoms with E-state index in [1.807, 2.05) is 0 Å². The number of oxazole rings is 1. The van der Waals surface area contributed by atoms with Crippen LogP contribution in [-0.4, -0.2) is 20.4 Å². The van der Waals surface area contributed by atoms with Crippen LogP contribution in [0.4, 0.5) is 11.5 Å². The number of aromatic nitrogens is 1. The Balaban J connectivity index is 2.42. The van der Waals surface area contributed by atoms with E-state index in [-0.39, 0.29) is 9.99 Å². The van der Waals surface area contributed by atoms with E-state index in [9.17, 15) is 8.42 Å². The van der Waals surface area contributed by atoms with Crippen molar-refractivity contribution in [2.45, 2.75) is 16.9 Å². The Morgan fingerprint density at radius 3 is 2.76 bits per heavy atom. The van der Waals surface area contributed by atoms with Crippen LogP contribution >= 0.6 is 0 Å². The largest absolute Gasteiger partial charge is 0.427 e. The number of sulfone groups is 1. The predicted molar refractivity (Wildman–Crippen MR) is 61.2 cm³/mol. The maximum atomic E-state index is 12.3. The van der Waals surface area contributed by atoms with Crippen LogP contribution in [0.5, 0.6) is 0 Å². The first kappa shape index (κ1) is 10.3. The zero-order valence-electron chi connectivity index (χ0n) is 9.34. The molecule has 0 unspecified atom stereocenters. The number of rotatable bonds is 0. The highest BCUT2D eigenvalue weighted by atomic mass is 32.2. The van der Waals surface area contributed by atoms with Crippen LogP contribution in [-0.2, 0) is 9.84 Å². The van der Waals surface area contributed by atoms with Crippen LogP contribution in [0, 0.1) is 6.92 Å². The molecule has 0 aliphatic carbocycles. The molecule has 0 bridgehead atoms. The van der Waals surface area contributed by atoms with E-state index in [4.69, 9.17) is 4.42 Å². The lowest BCUT2D eigenvalue weighted by Gasteiger charge is -2.24. The molecule has 1 aromatic carbocycles. The quantitative estimate of drug-likeness (QED) is 0.714. The molecule has 1 aliphatic heterocycles. The summed E-state index contributed by atoms with van der Waals surface area (Å²) < 4.78 is 29.8. The van der Waals surface area contributed by atoms with Crippen LogP contribution in [0.3, 0.4) is 0 Å². The molecule has 5 nitrogen and oxygen atoms in total. The summed E-state index contributed by atoms with van der Waals surface area (Å²) in [5.41, 5.74) is 0.619. The summed E-state index contributed by atoms with van der Waals surface area (Å²) in [6.45, 7) is 1.63. The van der Waals surface area contributed by atoms with Gasteiger partial charge < -0.3 is 9.32 Å². The van der Waals surface area contributed by atoms with Gasteiger partial charge in [0.15, 0.2) is 11.7 Å². The van der Waals surface area contributed by atoms with Crippen molar-refractivity contribution in [1.29, 1.82) is 0 Å². The Bertz CT molecular complexity index is 703. The van der Waals surface area contributed by atoms with Gasteiger partial charge in [-0.1, -0.05) is 12.1 Å². The Labute approximate surface area is 98.6 Å². The fourth-order valence-electron chi connectivity index (χ4n) is 1.96. The molecule has 1 aromatic heterocycles. The van der Waals surface area contributed by atoms with Crippen molar-refractivity contribution in [1.82, 2.24) is 4.98 Å². The molecule has 0 spiro atoms. The third kappa shape index (κ3) is 1.24. The number of benzene rings is 1. The Morgan fingerprint density at radius 1 is 1.29 bits per heavy atom. The zero-order valence-corrected chi connectivity index (χ0v) is 10.2. The minimum Gasteiger partial charge on any atom is -0.427 e. The molecule has 3 rings (SSSR count). The zero-order chi connectivity index (χ0) is 12.2. The van der Waals surface area contributed by atoms with Gasteiger partial charge in [-0.3, -0.25) is 0 Å². The third-order valence-electron chi connectivity index (χ3n) is 2.76. The van der Waals surface area contributed by atoms with Gasteiger partial charge >= 0.3 is 0 Å². The molecular weight excluding hydrogens is 240 g/mol. The second kappa shape index (κ2) is 3.10. The maximum absolute atomic E-state index is 12.3. The van der Waals surface area contributed by atoms with E-state index in [2.05, 4.69) is 4.98 Å². The average molecular weight is 250 g/mol. The Hall–Kier alpha value is -1.82. The van der Waals surface area contributed by atoms with Crippen molar-refractivity contribution in [3.63, 3.8) is 0 Å². The van der Waals surface area contributed by atoms with E-state index in [1.54, 1.807) is 43.1 Å². The van der Waals surface area contributed by atoms with E-state index >= 15 is 0 Å².